The molecule has 0 amide bonds. The molecular weight excluding hydrogens is 388 g/mol. The van der Waals surface area contributed by atoms with Crippen LogP contribution in [0.3, 0.4) is 0 Å². The molecule has 1 aromatic carbocycles. The summed E-state index contributed by atoms with van der Waals surface area (Å²) >= 11 is 0. The summed E-state index contributed by atoms with van der Waals surface area (Å²) in [4.78, 5) is 17.5. The van der Waals surface area contributed by atoms with E-state index in [0.717, 1.165) is 34.4 Å². The highest BCUT2D eigenvalue weighted by Gasteiger charge is 2.29. The molecular formula is C24H35N6O+. The largest absolute Gasteiger partial charge is 0.322 e. The van der Waals surface area contributed by atoms with Crippen LogP contribution in [0, 0.1) is 13.8 Å². The van der Waals surface area contributed by atoms with Crippen LogP contribution in [0.1, 0.15) is 75.4 Å². The van der Waals surface area contributed by atoms with Gasteiger partial charge in [-0.25, -0.2) is 4.68 Å². The molecule has 7 nitrogen and oxygen atoms in total. The van der Waals surface area contributed by atoms with Crippen LogP contribution < -0.4 is 10.5 Å². The first-order valence-electron chi connectivity index (χ1n) is 11.5. The summed E-state index contributed by atoms with van der Waals surface area (Å²) in [7, 11) is 0. The number of aryl methyl sites for hydroxylation is 2. The Bertz CT molecular complexity index is 1120. The number of pyridine rings is 1. The quantitative estimate of drug-likeness (QED) is 0.661. The van der Waals surface area contributed by atoms with Crippen LogP contribution in [0.2, 0.25) is 0 Å². The zero-order chi connectivity index (χ0) is 22.2. The number of quaternary nitrogens is 1. The van der Waals surface area contributed by atoms with Crippen LogP contribution in [-0.4, -0.2) is 31.2 Å². The topological polar surface area (TPSA) is 80.9 Å². The molecule has 2 heterocycles. The summed E-state index contributed by atoms with van der Waals surface area (Å²) in [5, 5.41) is 13.7. The van der Waals surface area contributed by atoms with Crippen LogP contribution in [-0.2, 0) is 18.6 Å². The number of benzene rings is 1. The van der Waals surface area contributed by atoms with Gasteiger partial charge in [0.15, 0.2) is 0 Å². The summed E-state index contributed by atoms with van der Waals surface area (Å²) in [6.07, 6.45) is 6.19. The van der Waals surface area contributed by atoms with E-state index in [2.05, 4.69) is 73.3 Å². The van der Waals surface area contributed by atoms with Crippen molar-refractivity contribution in [1.82, 2.24) is 25.2 Å². The van der Waals surface area contributed by atoms with Gasteiger partial charge in [-0.1, -0.05) is 18.1 Å². The third-order valence-corrected chi connectivity index (χ3v) is 6.52. The number of fused-ring (bicyclic) bond motifs is 1. The standard InChI is InChI=1S/C24H34N6O/c1-16-11-17(2)22-18(12-16)13-19(23(31)25-22)14-29(20-9-7-6-8-10-20)15-21-26-27-28-30(21)24(3,4)5/h11-13,20H,6-10,14-15H2,1-5H3,(H,25,31)/p+1. The molecule has 1 fully saturated rings. The number of tetrazole rings is 1. The van der Waals surface area contributed by atoms with Gasteiger partial charge in [-0.05, 0) is 93.8 Å². The van der Waals surface area contributed by atoms with Crippen molar-refractivity contribution in [2.45, 2.75) is 91.4 Å². The first-order valence-corrected chi connectivity index (χ1v) is 11.5. The highest BCUT2D eigenvalue weighted by Crippen LogP contribution is 2.19. The summed E-state index contributed by atoms with van der Waals surface area (Å²) < 4.78 is 1.92. The Kier molecular flexibility index (Phi) is 5.97. The Hall–Kier alpha value is -2.54. The fourth-order valence-corrected chi connectivity index (χ4v) is 5.01. The molecule has 7 heteroatoms. The minimum atomic E-state index is -0.175. The van der Waals surface area contributed by atoms with Gasteiger partial charge in [0.05, 0.1) is 22.7 Å². The second-order valence-corrected chi connectivity index (χ2v) is 10.2. The lowest BCUT2D eigenvalue weighted by Gasteiger charge is -2.31. The van der Waals surface area contributed by atoms with Crippen LogP contribution in [0.5, 0.6) is 0 Å². The Balaban J connectivity index is 1.69. The molecule has 2 aromatic heterocycles. The van der Waals surface area contributed by atoms with Crippen molar-refractivity contribution in [3.63, 3.8) is 0 Å². The van der Waals surface area contributed by atoms with Crippen molar-refractivity contribution < 1.29 is 4.90 Å². The lowest BCUT2D eigenvalue weighted by molar-refractivity contribution is -0.954. The van der Waals surface area contributed by atoms with Crippen LogP contribution in [0.25, 0.3) is 10.9 Å². The highest BCUT2D eigenvalue weighted by molar-refractivity contribution is 5.82. The van der Waals surface area contributed by atoms with Crippen LogP contribution in [0.4, 0.5) is 0 Å². The van der Waals surface area contributed by atoms with Gasteiger partial charge in [-0.2, -0.15) is 0 Å². The average molecular weight is 424 g/mol. The number of aromatic nitrogens is 5. The van der Waals surface area contributed by atoms with E-state index in [-0.39, 0.29) is 11.1 Å². The number of nitrogens with zero attached hydrogens (tertiary/aromatic N) is 4. The molecule has 0 radical (unpaired) electrons. The third-order valence-electron chi connectivity index (χ3n) is 6.52. The van der Waals surface area contributed by atoms with Gasteiger partial charge in [-0.15, -0.1) is 5.10 Å². The number of nitrogens with one attached hydrogen (secondary N) is 2. The molecule has 3 aromatic rings. The Labute approximate surface area is 183 Å². The van der Waals surface area contributed by atoms with Gasteiger partial charge in [0, 0.05) is 0 Å². The van der Waals surface area contributed by atoms with Crippen molar-refractivity contribution in [2.24, 2.45) is 0 Å². The van der Waals surface area contributed by atoms with Gasteiger partial charge in [0.2, 0.25) is 5.82 Å². The van der Waals surface area contributed by atoms with Crippen molar-refractivity contribution in [1.29, 1.82) is 0 Å². The van der Waals surface area contributed by atoms with E-state index < -0.39 is 0 Å². The van der Waals surface area contributed by atoms with E-state index in [9.17, 15) is 4.79 Å². The molecule has 0 aliphatic heterocycles. The third kappa shape index (κ3) is 4.71. The van der Waals surface area contributed by atoms with E-state index in [0.29, 0.717) is 12.6 Å². The molecule has 0 saturated heterocycles. The maximum Gasteiger partial charge on any atom is 0.257 e. The fraction of sp³-hybridized carbons (Fsp3) is 0.583. The first kappa shape index (κ1) is 21.7. The van der Waals surface area contributed by atoms with E-state index in [1.165, 1.54) is 42.6 Å². The number of hydrogen-bond donors (Lipinski definition) is 2. The number of aromatic amines is 1. The summed E-state index contributed by atoms with van der Waals surface area (Å²) in [6.45, 7) is 11.9. The molecule has 0 bridgehead atoms. The molecule has 4 rings (SSSR count). The molecule has 1 unspecified atom stereocenters. The molecule has 1 aliphatic carbocycles. The zero-order valence-corrected chi connectivity index (χ0v) is 19.5. The van der Waals surface area contributed by atoms with E-state index >= 15 is 0 Å². The fourth-order valence-electron chi connectivity index (χ4n) is 5.01. The maximum absolute atomic E-state index is 13.0. The Morgan fingerprint density at radius 2 is 1.84 bits per heavy atom. The minimum absolute atomic E-state index is 0.0168. The zero-order valence-electron chi connectivity index (χ0n) is 19.5. The smallest absolute Gasteiger partial charge is 0.257 e. The van der Waals surface area contributed by atoms with Crippen LogP contribution >= 0.6 is 0 Å². The Morgan fingerprint density at radius 3 is 2.55 bits per heavy atom. The molecule has 1 atom stereocenters. The number of hydrogen-bond acceptors (Lipinski definition) is 4. The van der Waals surface area contributed by atoms with E-state index in [1.807, 2.05) is 4.68 Å². The number of rotatable bonds is 5. The van der Waals surface area contributed by atoms with Crippen molar-refractivity contribution >= 4 is 10.9 Å². The molecule has 31 heavy (non-hydrogen) atoms. The SMILES string of the molecule is Cc1cc(C)c2[nH]c(=O)c(C[NH+](Cc3nnnn3C(C)(C)C)C3CCCCC3)cc2c1. The molecule has 166 valence electrons. The summed E-state index contributed by atoms with van der Waals surface area (Å²) in [6, 6.07) is 6.88. The normalized spacial score (nSPS) is 16.7. The predicted molar refractivity (Wildman–Crippen MR) is 122 cm³/mol. The first-order chi connectivity index (χ1) is 14.7. The molecule has 2 N–H and O–H groups in total. The van der Waals surface area contributed by atoms with E-state index in [1.54, 1.807) is 0 Å². The van der Waals surface area contributed by atoms with Gasteiger partial charge in [-0.3, -0.25) is 4.79 Å². The minimum Gasteiger partial charge on any atom is -0.322 e. The molecule has 0 spiro atoms. The van der Waals surface area contributed by atoms with Crippen LogP contribution in [0.15, 0.2) is 23.0 Å². The van der Waals surface area contributed by atoms with Gasteiger partial charge in [0.1, 0.15) is 13.1 Å². The van der Waals surface area contributed by atoms with Crippen molar-refractivity contribution in [3.05, 3.63) is 51.1 Å². The number of H-pyrrole nitrogens is 1. The summed E-state index contributed by atoms with van der Waals surface area (Å²) in [5.74, 6) is 0.886. The van der Waals surface area contributed by atoms with E-state index in [4.69, 9.17) is 0 Å². The lowest BCUT2D eigenvalue weighted by Crippen LogP contribution is -3.13. The predicted octanol–water partition coefficient (Wildman–Crippen LogP) is 2.80. The average Bonchev–Trinajstić information content (AvgIpc) is 3.18. The maximum atomic E-state index is 13.0. The molecule has 1 saturated carbocycles. The summed E-state index contributed by atoms with van der Waals surface area (Å²) in [5.41, 5.74) is 3.95. The van der Waals surface area contributed by atoms with Gasteiger partial charge < -0.3 is 9.88 Å². The van der Waals surface area contributed by atoms with Crippen molar-refractivity contribution in [3.8, 4) is 0 Å². The second-order valence-electron chi connectivity index (χ2n) is 10.2. The van der Waals surface area contributed by atoms with Crippen molar-refractivity contribution in [2.75, 3.05) is 0 Å². The highest BCUT2D eigenvalue weighted by atomic mass is 16.1. The lowest BCUT2D eigenvalue weighted by atomic mass is 9.93. The monoisotopic (exact) mass is 423 g/mol. The van der Waals surface area contributed by atoms with Gasteiger partial charge in [0.25, 0.3) is 5.56 Å². The van der Waals surface area contributed by atoms with Gasteiger partial charge >= 0.3 is 0 Å². The Morgan fingerprint density at radius 1 is 1.10 bits per heavy atom. The molecule has 1 aliphatic rings. The second kappa shape index (κ2) is 8.54.